The number of ketones is 1. The molecule has 1 amide bonds. The third kappa shape index (κ3) is 4.04. The molecule has 0 spiro atoms. The number of hydrogen-bond donors (Lipinski definition) is 0. The number of hydrogen-bond acceptors (Lipinski definition) is 6. The second-order valence-corrected chi connectivity index (χ2v) is 8.55. The van der Waals surface area contributed by atoms with Crippen LogP contribution in [0.1, 0.15) is 19.8 Å². The van der Waals surface area contributed by atoms with Gasteiger partial charge in [-0.25, -0.2) is 17.6 Å². The highest BCUT2D eigenvalue weighted by Crippen LogP contribution is 2.32. The summed E-state index contributed by atoms with van der Waals surface area (Å²) in [5.41, 5.74) is 0. The number of amides is 1. The van der Waals surface area contributed by atoms with Crippen LogP contribution in [0.25, 0.3) is 0 Å². The van der Waals surface area contributed by atoms with Crippen molar-refractivity contribution in [3.05, 3.63) is 29.0 Å². The molecule has 1 unspecified atom stereocenters. The van der Waals surface area contributed by atoms with Crippen molar-refractivity contribution in [2.45, 2.75) is 36.0 Å². The maximum Gasteiger partial charge on any atom is 0.328 e. The average Bonchev–Trinajstić information content (AvgIpc) is 2.99. The lowest BCUT2D eigenvalue weighted by Gasteiger charge is -2.22. The molecule has 0 N–H and O–H groups in total. The van der Waals surface area contributed by atoms with Gasteiger partial charge in [-0.05, 0) is 31.5 Å². The Morgan fingerprint density at radius 2 is 2.00 bits per heavy atom. The first-order chi connectivity index (χ1) is 12.1. The molecule has 1 aliphatic rings. The summed E-state index contributed by atoms with van der Waals surface area (Å²) in [6.45, 7) is 0.926. The number of rotatable bonds is 5. The largest absolute Gasteiger partial charge is 0.467 e. The zero-order chi connectivity index (χ0) is 19.6. The number of carbonyl (C=O) groups is 3. The minimum atomic E-state index is -4.04. The summed E-state index contributed by atoms with van der Waals surface area (Å²) in [7, 11) is -2.92. The highest BCUT2D eigenvalue weighted by Gasteiger charge is 2.46. The van der Waals surface area contributed by atoms with E-state index >= 15 is 0 Å². The molecule has 1 saturated heterocycles. The van der Waals surface area contributed by atoms with Crippen LogP contribution in [-0.4, -0.2) is 55.9 Å². The minimum absolute atomic E-state index is 0.202. The van der Waals surface area contributed by atoms with Gasteiger partial charge in [-0.1, -0.05) is 11.6 Å². The van der Waals surface area contributed by atoms with Gasteiger partial charge in [0.05, 0.1) is 28.7 Å². The van der Waals surface area contributed by atoms with Crippen LogP contribution in [0.2, 0.25) is 5.02 Å². The fraction of sp³-hybridized carbons (Fsp3) is 0.438. The molecule has 10 heteroatoms. The molecular formula is C16H17ClFNO6S. The Morgan fingerprint density at radius 3 is 2.54 bits per heavy atom. The SMILES string of the molecule is COC(=O)C1C[C@@H](S(=O)(=O)c2ccc(F)cc2Cl)CN1C(=O)CC(C)=O. The Balaban J connectivity index is 2.36. The number of esters is 1. The first kappa shape index (κ1) is 20.3. The highest BCUT2D eigenvalue weighted by molar-refractivity contribution is 7.92. The summed E-state index contributed by atoms with van der Waals surface area (Å²) in [5, 5.41) is -1.42. The van der Waals surface area contributed by atoms with Gasteiger partial charge < -0.3 is 9.64 Å². The Morgan fingerprint density at radius 1 is 1.35 bits per heavy atom. The van der Waals surface area contributed by atoms with Gasteiger partial charge >= 0.3 is 5.97 Å². The van der Waals surface area contributed by atoms with Crippen LogP contribution < -0.4 is 0 Å². The zero-order valence-electron chi connectivity index (χ0n) is 14.1. The van der Waals surface area contributed by atoms with Crippen molar-refractivity contribution in [1.82, 2.24) is 4.90 Å². The van der Waals surface area contributed by atoms with Crippen LogP contribution in [0.3, 0.4) is 0 Å². The summed E-state index contributed by atoms with van der Waals surface area (Å²) in [6, 6.07) is 1.76. The molecule has 2 rings (SSSR count). The van der Waals surface area contributed by atoms with E-state index in [9.17, 15) is 27.2 Å². The molecule has 1 aliphatic heterocycles. The van der Waals surface area contributed by atoms with Crippen molar-refractivity contribution in [3.63, 3.8) is 0 Å². The molecule has 0 aliphatic carbocycles. The van der Waals surface area contributed by atoms with Crippen molar-refractivity contribution in [3.8, 4) is 0 Å². The fourth-order valence-corrected chi connectivity index (χ4v) is 5.09. The van der Waals surface area contributed by atoms with E-state index in [1.165, 1.54) is 6.92 Å². The molecule has 0 aromatic heterocycles. The lowest BCUT2D eigenvalue weighted by molar-refractivity contribution is -0.151. The maximum absolute atomic E-state index is 13.2. The van der Waals surface area contributed by atoms with Gasteiger partial charge in [0.1, 0.15) is 17.6 Å². The van der Waals surface area contributed by atoms with E-state index < -0.39 is 51.0 Å². The van der Waals surface area contributed by atoms with Crippen LogP contribution >= 0.6 is 11.6 Å². The minimum Gasteiger partial charge on any atom is -0.467 e. The third-order valence-corrected chi connectivity index (χ3v) is 6.71. The van der Waals surface area contributed by atoms with Gasteiger partial charge in [0, 0.05) is 6.54 Å². The van der Waals surface area contributed by atoms with Gasteiger partial charge in [-0.15, -0.1) is 0 Å². The summed E-state index contributed by atoms with van der Waals surface area (Å²) in [4.78, 5) is 36.1. The number of benzene rings is 1. The van der Waals surface area contributed by atoms with E-state index in [2.05, 4.69) is 4.74 Å². The molecule has 0 radical (unpaired) electrons. The first-order valence-electron chi connectivity index (χ1n) is 7.63. The molecule has 26 heavy (non-hydrogen) atoms. The van der Waals surface area contributed by atoms with Crippen LogP contribution in [0.4, 0.5) is 4.39 Å². The summed E-state index contributed by atoms with van der Waals surface area (Å²) < 4.78 is 43.5. The fourth-order valence-electron chi connectivity index (χ4n) is 2.86. The maximum atomic E-state index is 13.2. The molecule has 0 bridgehead atoms. The lowest BCUT2D eigenvalue weighted by Crippen LogP contribution is -2.41. The molecule has 1 heterocycles. The molecule has 7 nitrogen and oxygen atoms in total. The van der Waals surface area contributed by atoms with Crippen molar-refractivity contribution < 1.29 is 31.9 Å². The smallest absolute Gasteiger partial charge is 0.328 e. The zero-order valence-corrected chi connectivity index (χ0v) is 15.6. The third-order valence-electron chi connectivity index (χ3n) is 4.10. The normalized spacial score (nSPS) is 20.1. The number of carbonyl (C=O) groups excluding carboxylic acids is 3. The molecule has 0 saturated carbocycles. The second kappa shape index (κ2) is 7.71. The van der Waals surface area contributed by atoms with E-state index in [4.69, 9.17) is 11.6 Å². The van der Waals surface area contributed by atoms with Crippen molar-refractivity contribution in [2.24, 2.45) is 0 Å². The number of halogens is 2. The Bertz CT molecular complexity index is 856. The molecular weight excluding hydrogens is 389 g/mol. The summed E-state index contributed by atoms with van der Waals surface area (Å²) in [5.74, 6) is -2.53. The van der Waals surface area contributed by atoms with Gasteiger partial charge in [-0.2, -0.15) is 0 Å². The summed E-state index contributed by atoms with van der Waals surface area (Å²) >= 11 is 5.85. The van der Waals surface area contributed by atoms with E-state index in [1.807, 2.05) is 0 Å². The van der Waals surface area contributed by atoms with Crippen LogP contribution in [-0.2, 0) is 29.0 Å². The Hall–Kier alpha value is -2.00. The lowest BCUT2D eigenvalue weighted by atomic mass is 10.2. The van der Waals surface area contributed by atoms with Gasteiger partial charge in [-0.3, -0.25) is 9.59 Å². The highest BCUT2D eigenvalue weighted by atomic mass is 35.5. The van der Waals surface area contributed by atoms with Gasteiger partial charge in [0.15, 0.2) is 9.84 Å². The molecule has 142 valence electrons. The average molecular weight is 406 g/mol. The van der Waals surface area contributed by atoms with Crippen molar-refractivity contribution in [2.75, 3.05) is 13.7 Å². The summed E-state index contributed by atoms with van der Waals surface area (Å²) in [6.07, 6.45) is -0.649. The van der Waals surface area contributed by atoms with Gasteiger partial charge in [0.2, 0.25) is 5.91 Å². The van der Waals surface area contributed by atoms with Crippen LogP contribution in [0.15, 0.2) is 23.1 Å². The second-order valence-electron chi connectivity index (χ2n) is 5.94. The number of likely N-dealkylation sites (tertiary alicyclic amines) is 1. The van der Waals surface area contributed by atoms with E-state index in [0.717, 1.165) is 30.2 Å². The topological polar surface area (TPSA) is 97.8 Å². The number of methoxy groups -OCH3 is 1. The first-order valence-corrected chi connectivity index (χ1v) is 9.56. The van der Waals surface area contributed by atoms with Crippen molar-refractivity contribution in [1.29, 1.82) is 0 Å². The number of nitrogens with zero attached hydrogens (tertiary/aromatic N) is 1. The van der Waals surface area contributed by atoms with Crippen LogP contribution in [0, 0.1) is 5.82 Å². The molecule has 1 aromatic rings. The molecule has 1 fully saturated rings. The predicted molar refractivity (Wildman–Crippen MR) is 89.8 cm³/mol. The number of ether oxygens (including phenoxy) is 1. The monoisotopic (exact) mass is 405 g/mol. The Labute approximate surface area is 155 Å². The Kier molecular flexibility index (Phi) is 6.02. The number of Topliss-reactive ketones (excluding diaryl/α,β-unsaturated/α-hetero) is 1. The quantitative estimate of drug-likeness (QED) is 0.417. The predicted octanol–water partition coefficient (Wildman–Crippen LogP) is 1.37. The van der Waals surface area contributed by atoms with E-state index in [-0.39, 0.29) is 22.9 Å². The molecule has 1 aromatic carbocycles. The van der Waals surface area contributed by atoms with Crippen LogP contribution in [0.5, 0.6) is 0 Å². The van der Waals surface area contributed by atoms with E-state index in [1.54, 1.807) is 0 Å². The number of sulfone groups is 1. The molecule has 2 atom stereocenters. The van der Waals surface area contributed by atoms with Crippen molar-refractivity contribution >= 4 is 39.1 Å². The standard InChI is InChI=1S/C16H17ClFNO6S/c1-9(20)5-15(21)19-8-11(7-13(19)16(22)25-2)26(23,24)14-4-3-10(18)6-12(14)17/h3-4,6,11,13H,5,7-8H2,1-2H3/t11-,13?/m1/s1. The van der Waals surface area contributed by atoms with E-state index in [0.29, 0.717) is 0 Å². The van der Waals surface area contributed by atoms with Gasteiger partial charge in [0.25, 0.3) is 0 Å².